The normalized spacial score (nSPS) is 14.2. The maximum Gasteiger partial charge on any atom is 0.0352 e. The summed E-state index contributed by atoms with van der Waals surface area (Å²) in [5.74, 6) is 0. The molecule has 0 unspecified atom stereocenters. The molecule has 1 heteroatoms. The second-order valence-electron chi connectivity index (χ2n) is 5.05. The van der Waals surface area contributed by atoms with Gasteiger partial charge in [0.2, 0.25) is 0 Å². The van der Waals surface area contributed by atoms with Crippen molar-refractivity contribution in [1.29, 1.82) is 0 Å². The standard InChI is InChI=1S/C18H14S/c1-12-15(13-7-3-2-4-8-13)11-16-14-9-5-6-10-17(14)19-18(12)16/h2-10H,11H2,1H3. The van der Waals surface area contributed by atoms with Gasteiger partial charge in [0.05, 0.1) is 0 Å². The van der Waals surface area contributed by atoms with E-state index in [2.05, 4.69) is 61.5 Å². The highest BCUT2D eigenvalue weighted by Gasteiger charge is 2.23. The molecule has 0 radical (unpaired) electrons. The van der Waals surface area contributed by atoms with Gasteiger partial charge in [0.25, 0.3) is 0 Å². The molecule has 0 N–H and O–H groups in total. The summed E-state index contributed by atoms with van der Waals surface area (Å²) in [4.78, 5) is 1.49. The molecule has 1 heterocycles. The Hall–Kier alpha value is -1.86. The zero-order valence-corrected chi connectivity index (χ0v) is 11.6. The molecule has 0 saturated heterocycles. The maximum atomic E-state index is 2.27. The fraction of sp³-hybridized carbons (Fsp3) is 0.111. The average Bonchev–Trinajstić information content (AvgIpc) is 2.98. The number of allylic oxidation sites excluding steroid dienone is 2. The van der Waals surface area contributed by atoms with Crippen molar-refractivity contribution in [3.63, 3.8) is 0 Å². The predicted octanol–water partition coefficient (Wildman–Crippen LogP) is 5.39. The smallest absolute Gasteiger partial charge is 0.0352 e. The molecule has 1 aliphatic carbocycles. The number of hydrogen-bond donors (Lipinski definition) is 0. The third kappa shape index (κ3) is 1.58. The predicted molar refractivity (Wildman–Crippen MR) is 84.5 cm³/mol. The fourth-order valence-electron chi connectivity index (χ4n) is 2.98. The van der Waals surface area contributed by atoms with Gasteiger partial charge in [-0.1, -0.05) is 48.5 Å². The van der Waals surface area contributed by atoms with Crippen LogP contribution in [-0.2, 0) is 6.42 Å². The molecule has 0 nitrogen and oxygen atoms in total. The Morgan fingerprint density at radius 3 is 2.47 bits per heavy atom. The van der Waals surface area contributed by atoms with Gasteiger partial charge in [-0.25, -0.2) is 0 Å². The maximum absolute atomic E-state index is 2.27. The molecule has 19 heavy (non-hydrogen) atoms. The summed E-state index contributed by atoms with van der Waals surface area (Å²) in [6.07, 6.45) is 1.08. The lowest BCUT2D eigenvalue weighted by atomic mass is 10.0. The Bertz CT molecular complexity index is 791. The largest absolute Gasteiger partial charge is 0.135 e. The molecule has 0 amide bonds. The summed E-state index contributed by atoms with van der Waals surface area (Å²) >= 11 is 1.94. The number of hydrogen-bond acceptors (Lipinski definition) is 1. The van der Waals surface area contributed by atoms with Gasteiger partial charge < -0.3 is 0 Å². The number of benzene rings is 2. The van der Waals surface area contributed by atoms with Crippen LogP contribution in [-0.4, -0.2) is 0 Å². The van der Waals surface area contributed by atoms with Crippen molar-refractivity contribution in [3.8, 4) is 0 Å². The molecule has 3 aromatic rings. The lowest BCUT2D eigenvalue weighted by molar-refractivity contribution is 1.36. The van der Waals surface area contributed by atoms with Crippen LogP contribution < -0.4 is 0 Å². The first-order chi connectivity index (χ1) is 9.34. The average molecular weight is 262 g/mol. The highest BCUT2D eigenvalue weighted by atomic mass is 32.1. The van der Waals surface area contributed by atoms with Gasteiger partial charge in [0.15, 0.2) is 0 Å². The third-order valence-electron chi connectivity index (χ3n) is 3.97. The highest BCUT2D eigenvalue weighted by Crippen LogP contribution is 2.46. The van der Waals surface area contributed by atoms with Crippen LogP contribution in [0.3, 0.4) is 0 Å². The topological polar surface area (TPSA) is 0 Å². The van der Waals surface area contributed by atoms with Gasteiger partial charge in [-0.3, -0.25) is 0 Å². The van der Waals surface area contributed by atoms with Crippen molar-refractivity contribution in [2.24, 2.45) is 0 Å². The van der Waals surface area contributed by atoms with Crippen LogP contribution in [0.4, 0.5) is 0 Å². The van der Waals surface area contributed by atoms with Crippen LogP contribution in [0.1, 0.15) is 22.9 Å². The van der Waals surface area contributed by atoms with Gasteiger partial charge in [-0.05, 0) is 40.6 Å². The Kier molecular flexibility index (Phi) is 2.36. The molecular weight excluding hydrogens is 248 g/mol. The van der Waals surface area contributed by atoms with E-state index in [1.165, 1.54) is 37.2 Å². The summed E-state index contributed by atoms with van der Waals surface area (Å²) in [5.41, 5.74) is 5.85. The van der Waals surface area contributed by atoms with Gasteiger partial charge in [-0.15, -0.1) is 11.3 Å². The van der Waals surface area contributed by atoms with E-state index in [0.717, 1.165) is 6.42 Å². The monoisotopic (exact) mass is 262 g/mol. The number of fused-ring (bicyclic) bond motifs is 3. The van der Waals surface area contributed by atoms with E-state index in [4.69, 9.17) is 0 Å². The molecule has 0 atom stereocenters. The van der Waals surface area contributed by atoms with E-state index in [1.54, 1.807) is 0 Å². The number of thiophene rings is 1. The van der Waals surface area contributed by atoms with Gasteiger partial charge in [0.1, 0.15) is 0 Å². The zero-order valence-electron chi connectivity index (χ0n) is 10.8. The second-order valence-corrected chi connectivity index (χ2v) is 6.10. The highest BCUT2D eigenvalue weighted by molar-refractivity contribution is 7.20. The van der Waals surface area contributed by atoms with Crippen molar-refractivity contribution < 1.29 is 0 Å². The zero-order chi connectivity index (χ0) is 12.8. The van der Waals surface area contributed by atoms with E-state index >= 15 is 0 Å². The molecule has 2 aromatic carbocycles. The van der Waals surface area contributed by atoms with Crippen LogP contribution in [0.25, 0.3) is 21.2 Å². The first-order valence-corrected chi connectivity index (χ1v) is 7.42. The Balaban J connectivity index is 1.92. The molecule has 92 valence electrons. The quantitative estimate of drug-likeness (QED) is 0.551. The van der Waals surface area contributed by atoms with Crippen molar-refractivity contribution in [2.75, 3.05) is 0 Å². The summed E-state index contributed by atoms with van der Waals surface area (Å²) < 4.78 is 1.42. The van der Waals surface area contributed by atoms with Crippen molar-refractivity contribution in [2.45, 2.75) is 13.3 Å². The van der Waals surface area contributed by atoms with Crippen molar-refractivity contribution >= 4 is 32.6 Å². The van der Waals surface area contributed by atoms with Gasteiger partial charge in [-0.2, -0.15) is 0 Å². The summed E-state index contributed by atoms with van der Waals surface area (Å²) in [5, 5.41) is 1.44. The molecule has 1 aromatic heterocycles. The number of rotatable bonds is 1. The minimum atomic E-state index is 1.08. The summed E-state index contributed by atoms with van der Waals surface area (Å²) in [6, 6.07) is 19.5. The van der Waals surface area contributed by atoms with Crippen LogP contribution in [0.15, 0.2) is 54.6 Å². The molecular formula is C18H14S. The lowest BCUT2D eigenvalue weighted by Gasteiger charge is -2.04. The molecule has 0 bridgehead atoms. The molecule has 4 rings (SSSR count). The van der Waals surface area contributed by atoms with Crippen LogP contribution >= 0.6 is 11.3 Å². The van der Waals surface area contributed by atoms with Crippen molar-refractivity contribution in [1.82, 2.24) is 0 Å². The van der Waals surface area contributed by atoms with Crippen LogP contribution in [0.2, 0.25) is 0 Å². The molecule has 0 saturated carbocycles. The third-order valence-corrected chi connectivity index (χ3v) is 5.30. The van der Waals surface area contributed by atoms with Gasteiger partial charge >= 0.3 is 0 Å². The Morgan fingerprint density at radius 2 is 1.63 bits per heavy atom. The van der Waals surface area contributed by atoms with Crippen LogP contribution in [0.5, 0.6) is 0 Å². The van der Waals surface area contributed by atoms with E-state index in [0.29, 0.717) is 0 Å². The Morgan fingerprint density at radius 1 is 0.895 bits per heavy atom. The van der Waals surface area contributed by atoms with Gasteiger partial charge in [0, 0.05) is 16.0 Å². The minimum absolute atomic E-state index is 1.08. The lowest BCUT2D eigenvalue weighted by Crippen LogP contribution is -1.85. The van der Waals surface area contributed by atoms with E-state index in [-0.39, 0.29) is 0 Å². The van der Waals surface area contributed by atoms with E-state index < -0.39 is 0 Å². The summed E-state index contributed by atoms with van der Waals surface area (Å²) in [6.45, 7) is 2.27. The van der Waals surface area contributed by atoms with E-state index in [1.807, 2.05) is 11.3 Å². The Labute approximate surface area is 117 Å². The van der Waals surface area contributed by atoms with Crippen molar-refractivity contribution in [3.05, 3.63) is 70.6 Å². The second kappa shape index (κ2) is 4.07. The SMILES string of the molecule is CC1=C(c2ccccc2)Cc2c1sc1ccccc21. The minimum Gasteiger partial charge on any atom is -0.135 e. The van der Waals surface area contributed by atoms with E-state index in [9.17, 15) is 0 Å². The molecule has 0 aliphatic heterocycles. The molecule has 1 aliphatic rings. The van der Waals surface area contributed by atoms with Crippen LogP contribution in [0, 0.1) is 0 Å². The summed E-state index contributed by atoms with van der Waals surface area (Å²) in [7, 11) is 0. The first kappa shape index (κ1) is 11.0. The fourth-order valence-corrected chi connectivity index (χ4v) is 4.23. The molecule has 0 spiro atoms. The molecule has 0 fully saturated rings. The first-order valence-electron chi connectivity index (χ1n) is 6.60.